The third-order valence-electron chi connectivity index (χ3n) is 3.98. The van der Waals surface area contributed by atoms with Crippen LogP contribution in [0, 0.1) is 18.3 Å². The van der Waals surface area contributed by atoms with E-state index in [2.05, 4.69) is 44.2 Å². The van der Waals surface area contributed by atoms with E-state index in [9.17, 15) is 0 Å². The second-order valence-electron chi connectivity index (χ2n) is 5.67. The Bertz CT molecular complexity index is 371. The molecule has 0 aliphatic heterocycles. The molecule has 2 nitrogen and oxygen atoms in total. The van der Waals surface area contributed by atoms with Gasteiger partial charge in [-0.2, -0.15) is 0 Å². The lowest BCUT2D eigenvalue weighted by Gasteiger charge is -2.18. The molecular weight excluding hydrogens is 196 g/mol. The van der Waals surface area contributed by atoms with Crippen LogP contribution in [0.4, 0.5) is 0 Å². The molecule has 1 aliphatic carbocycles. The highest BCUT2D eigenvalue weighted by Gasteiger charge is 2.49. The van der Waals surface area contributed by atoms with Gasteiger partial charge in [-0.05, 0) is 43.4 Å². The molecule has 1 aromatic heterocycles. The van der Waals surface area contributed by atoms with E-state index in [1.54, 1.807) is 0 Å². The number of nitrogens with one attached hydrogen (secondary N) is 1. The summed E-state index contributed by atoms with van der Waals surface area (Å²) in [5.74, 6) is 0.805. The van der Waals surface area contributed by atoms with Crippen LogP contribution in [0.2, 0.25) is 0 Å². The number of pyridine rings is 1. The molecule has 88 valence electrons. The number of aryl methyl sites for hydroxylation is 1. The first-order valence-electron chi connectivity index (χ1n) is 6.12. The van der Waals surface area contributed by atoms with E-state index in [1.165, 1.54) is 17.7 Å². The Morgan fingerprint density at radius 3 is 2.75 bits per heavy atom. The van der Waals surface area contributed by atoms with Crippen molar-refractivity contribution in [2.75, 3.05) is 7.05 Å². The van der Waals surface area contributed by atoms with Gasteiger partial charge in [0.25, 0.3) is 0 Å². The van der Waals surface area contributed by atoms with Gasteiger partial charge in [0, 0.05) is 24.4 Å². The standard InChI is InChI=1S/C14H22N2/c1-10-6-5-7-16-12(10)8-13(15-4)11-9-14(11,2)3/h5-7,11,13,15H,8-9H2,1-4H3. The Morgan fingerprint density at radius 2 is 2.25 bits per heavy atom. The van der Waals surface area contributed by atoms with Crippen molar-refractivity contribution in [1.82, 2.24) is 10.3 Å². The lowest BCUT2D eigenvalue weighted by atomic mass is 9.98. The van der Waals surface area contributed by atoms with E-state index in [0.29, 0.717) is 11.5 Å². The first-order valence-corrected chi connectivity index (χ1v) is 6.12. The van der Waals surface area contributed by atoms with Crippen LogP contribution in [0.25, 0.3) is 0 Å². The zero-order valence-electron chi connectivity index (χ0n) is 10.7. The number of hydrogen-bond acceptors (Lipinski definition) is 2. The van der Waals surface area contributed by atoms with E-state index in [-0.39, 0.29) is 0 Å². The highest BCUT2D eigenvalue weighted by molar-refractivity contribution is 5.20. The van der Waals surface area contributed by atoms with E-state index in [4.69, 9.17) is 0 Å². The van der Waals surface area contributed by atoms with Crippen molar-refractivity contribution in [2.24, 2.45) is 11.3 Å². The van der Waals surface area contributed by atoms with E-state index < -0.39 is 0 Å². The van der Waals surface area contributed by atoms with Gasteiger partial charge in [0.15, 0.2) is 0 Å². The van der Waals surface area contributed by atoms with Gasteiger partial charge in [-0.3, -0.25) is 4.98 Å². The summed E-state index contributed by atoms with van der Waals surface area (Å²) < 4.78 is 0. The minimum Gasteiger partial charge on any atom is -0.316 e. The lowest BCUT2D eigenvalue weighted by molar-refractivity contribution is 0.423. The molecule has 2 unspecified atom stereocenters. The Kier molecular flexibility index (Phi) is 3.02. The van der Waals surface area contributed by atoms with Crippen LogP contribution in [0.1, 0.15) is 31.5 Å². The normalized spacial score (nSPS) is 24.1. The topological polar surface area (TPSA) is 24.9 Å². The maximum absolute atomic E-state index is 4.48. The smallest absolute Gasteiger partial charge is 0.0448 e. The third-order valence-corrected chi connectivity index (χ3v) is 3.98. The lowest BCUT2D eigenvalue weighted by Crippen LogP contribution is -2.32. The first-order chi connectivity index (χ1) is 7.54. The zero-order valence-corrected chi connectivity index (χ0v) is 10.7. The van der Waals surface area contributed by atoms with Crippen molar-refractivity contribution in [3.63, 3.8) is 0 Å². The zero-order chi connectivity index (χ0) is 11.8. The summed E-state index contributed by atoms with van der Waals surface area (Å²) in [4.78, 5) is 4.48. The van der Waals surface area contributed by atoms with Crippen molar-refractivity contribution >= 4 is 0 Å². The average molecular weight is 218 g/mol. The highest BCUT2D eigenvalue weighted by atomic mass is 14.9. The largest absolute Gasteiger partial charge is 0.316 e. The monoisotopic (exact) mass is 218 g/mol. The molecule has 1 aliphatic rings. The van der Waals surface area contributed by atoms with Gasteiger partial charge in [0.05, 0.1) is 0 Å². The molecule has 1 heterocycles. The molecule has 2 heteroatoms. The second kappa shape index (κ2) is 4.17. The molecule has 1 fully saturated rings. The van der Waals surface area contributed by atoms with E-state index in [1.807, 2.05) is 12.3 Å². The van der Waals surface area contributed by atoms with Crippen molar-refractivity contribution < 1.29 is 0 Å². The molecule has 1 aromatic rings. The SMILES string of the molecule is CNC(Cc1ncccc1C)C1CC1(C)C. The number of rotatable bonds is 4. The van der Waals surface area contributed by atoms with Crippen LogP contribution in [0.5, 0.6) is 0 Å². The maximum atomic E-state index is 4.48. The summed E-state index contributed by atoms with van der Waals surface area (Å²) in [5, 5.41) is 3.46. The molecule has 0 saturated heterocycles. The summed E-state index contributed by atoms with van der Waals surface area (Å²) in [6.45, 7) is 6.85. The molecule has 1 N–H and O–H groups in total. The van der Waals surface area contributed by atoms with Gasteiger partial charge >= 0.3 is 0 Å². The first kappa shape index (κ1) is 11.6. The number of aromatic nitrogens is 1. The van der Waals surface area contributed by atoms with Crippen LogP contribution < -0.4 is 5.32 Å². The van der Waals surface area contributed by atoms with Crippen LogP contribution in [0.3, 0.4) is 0 Å². The number of hydrogen-bond donors (Lipinski definition) is 1. The molecule has 0 aromatic carbocycles. The number of likely N-dealkylation sites (N-methyl/N-ethyl adjacent to an activating group) is 1. The summed E-state index contributed by atoms with van der Waals surface area (Å²) in [5.41, 5.74) is 3.07. The fourth-order valence-electron chi connectivity index (χ4n) is 2.58. The van der Waals surface area contributed by atoms with Crippen LogP contribution >= 0.6 is 0 Å². The molecular formula is C14H22N2. The third kappa shape index (κ3) is 2.27. The van der Waals surface area contributed by atoms with Gasteiger partial charge < -0.3 is 5.32 Å². The van der Waals surface area contributed by atoms with Gasteiger partial charge in [-0.25, -0.2) is 0 Å². The van der Waals surface area contributed by atoms with Crippen molar-refractivity contribution in [1.29, 1.82) is 0 Å². The van der Waals surface area contributed by atoms with Gasteiger partial charge in [-0.1, -0.05) is 19.9 Å². The Balaban J connectivity index is 2.06. The minimum atomic E-state index is 0.524. The molecule has 1 saturated carbocycles. The molecule has 0 amide bonds. The molecule has 0 spiro atoms. The predicted octanol–water partition coefficient (Wildman–Crippen LogP) is 2.57. The van der Waals surface area contributed by atoms with E-state index in [0.717, 1.165) is 12.3 Å². The Hall–Kier alpha value is -0.890. The Morgan fingerprint density at radius 1 is 1.56 bits per heavy atom. The van der Waals surface area contributed by atoms with Crippen LogP contribution in [0.15, 0.2) is 18.3 Å². The van der Waals surface area contributed by atoms with Crippen molar-refractivity contribution in [3.05, 3.63) is 29.6 Å². The van der Waals surface area contributed by atoms with Crippen LogP contribution in [-0.2, 0) is 6.42 Å². The molecule has 0 bridgehead atoms. The predicted molar refractivity (Wildman–Crippen MR) is 67.4 cm³/mol. The fraction of sp³-hybridized carbons (Fsp3) is 0.643. The summed E-state index contributed by atoms with van der Waals surface area (Å²) >= 11 is 0. The summed E-state index contributed by atoms with van der Waals surface area (Å²) in [7, 11) is 2.07. The Labute approximate surface area is 98.5 Å². The van der Waals surface area contributed by atoms with Crippen molar-refractivity contribution in [3.8, 4) is 0 Å². The molecule has 0 radical (unpaired) electrons. The van der Waals surface area contributed by atoms with Crippen molar-refractivity contribution in [2.45, 2.75) is 39.7 Å². The minimum absolute atomic E-state index is 0.524. The van der Waals surface area contributed by atoms with Crippen LogP contribution in [-0.4, -0.2) is 18.1 Å². The van der Waals surface area contributed by atoms with E-state index >= 15 is 0 Å². The number of nitrogens with zero attached hydrogens (tertiary/aromatic N) is 1. The van der Waals surface area contributed by atoms with Gasteiger partial charge in [0.1, 0.15) is 0 Å². The molecule has 2 atom stereocenters. The quantitative estimate of drug-likeness (QED) is 0.840. The fourth-order valence-corrected chi connectivity index (χ4v) is 2.58. The summed E-state index contributed by atoms with van der Waals surface area (Å²) in [6, 6.07) is 4.73. The molecule has 16 heavy (non-hydrogen) atoms. The van der Waals surface area contributed by atoms with Gasteiger partial charge in [-0.15, -0.1) is 0 Å². The second-order valence-corrected chi connectivity index (χ2v) is 5.67. The summed E-state index contributed by atoms with van der Waals surface area (Å²) in [6.07, 6.45) is 4.29. The highest BCUT2D eigenvalue weighted by Crippen LogP contribution is 2.53. The van der Waals surface area contributed by atoms with Gasteiger partial charge in [0.2, 0.25) is 0 Å². The molecule has 2 rings (SSSR count). The average Bonchev–Trinajstić information content (AvgIpc) is 2.86. The maximum Gasteiger partial charge on any atom is 0.0448 e.